The highest BCUT2D eigenvalue weighted by atomic mass is 16.3. The lowest BCUT2D eigenvalue weighted by Gasteiger charge is -2.34. The van der Waals surface area contributed by atoms with Crippen molar-refractivity contribution in [3.8, 4) is 0 Å². The van der Waals surface area contributed by atoms with Gasteiger partial charge in [-0.15, -0.1) is 0 Å². The lowest BCUT2D eigenvalue weighted by atomic mass is 10.2. The van der Waals surface area contributed by atoms with E-state index < -0.39 is 0 Å². The Morgan fingerprint density at radius 2 is 1.65 bits per heavy atom. The molecule has 0 atom stereocenters. The summed E-state index contributed by atoms with van der Waals surface area (Å²) in [7, 11) is 0. The highest BCUT2D eigenvalue weighted by Gasteiger charge is 2.21. The number of amides is 1. The summed E-state index contributed by atoms with van der Waals surface area (Å²) >= 11 is 0. The van der Waals surface area contributed by atoms with E-state index >= 15 is 0 Å². The third kappa shape index (κ3) is 4.71. The van der Waals surface area contributed by atoms with Crippen molar-refractivity contribution < 1.29 is 9.21 Å². The van der Waals surface area contributed by atoms with Crippen molar-refractivity contribution in [3.63, 3.8) is 0 Å². The molecule has 0 saturated carbocycles. The third-order valence-electron chi connectivity index (χ3n) is 4.89. The number of benzene rings is 1. The standard InChI is InChI=1S/C20H28N4O2/c1-3-24(4-2)20(25)18-16-26-19(21-18)15-23-12-10-22(11-13-23)14-17-8-6-5-7-9-17/h5-9,16H,3-4,10-15H2,1-2H3. The molecule has 3 rings (SSSR count). The number of hydrogen-bond donors (Lipinski definition) is 0. The first-order chi connectivity index (χ1) is 12.7. The van der Waals surface area contributed by atoms with Crippen LogP contribution in [0.1, 0.15) is 35.8 Å². The van der Waals surface area contributed by atoms with Gasteiger partial charge in [-0.3, -0.25) is 14.6 Å². The summed E-state index contributed by atoms with van der Waals surface area (Å²) in [5, 5.41) is 0. The number of carbonyl (C=O) groups excluding carboxylic acids is 1. The fourth-order valence-electron chi connectivity index (χ4n) is 3.29. The van der Waals surface area contributed by atoms with Gasteiger partial charge in [0.1, 0.15) is 6.26 Å². The number of rotatable bonds is 7. The van der Waals surface area contributed by atoms with E-state index in [1.807, 2.05) is 13.8 Å². The van der Waals surface area contributed by atoms with Gasteiger partial charge in [-0.05, 0) is 19.4 Å². The summed E-state index contributed by atoms with van der Waals surface area (Å²) < 4.78 is 5.54. The first-order valence-electron chi connectivity index (χ1n) is 9.42. The van der Waals surface area contributed by atoms with Crippen molar-refractivity contribution in [2.24, 2.45) is 0 Å². The predicted octanol–water partition coefficient (Wildman–Crippen LogP) is 2.47. The quantitative estimate of drug-likeness (QED) is 0.763. The smallest absolute Gasteiger partial charge is 0.275 e. The molecule has 1 aliphatic rings. The maximum Gasteiger partial charge on any atom is 0.275 e. The van der Waals surface area contributed by atoms with E-state index in [1.54, 1.807) is 4.90 Å². The molecule has 0 N–H and O–H groups in total. The zero-order valence-electron chi connectivity index (χ0n) is 15.7. The summed E-state index contributed by atoms with van der Waals surface area (Å²) in [6, 6.07) is 10.6. The van der Waals surface area contributed by atoms with Crippen molar-refractivity contribution in [3.05, 3.63) is 53.7 Å². The van der Waals surface area contributed by atoms with Crippen LogP contribution in [0.2, 0.25) is 0 Å². The second-order valence-electron chi connectivity index (χ2n) is 6.64. The minimum absolute atomic E-state index is 0.0577. The normalized spacial score (nSPS) is 15.9. The summed E-state index contributed by atoms with van der Waals surface area (Å²) in [5.41, 5.74) is 1.76. The van der Waals surface area contributed by atoms with Gasteiger partial charge in [-0.25, -0.2) is 4.98 Å². The molecule has 0 spiro atoms. The third-order valence-corrected chi connectivity index (χ3v) is 4.89. The van der Waals surface area contributed by atoms with Crippen molar-refractivity contribution in [1.82, 2.24) is 19.7 Å². The van der Waals surface area contributed by atoms with Crippen LogP contribution in [-0.2, 0) is 13.1 Å². The topological polar surface area (TPSA) is 52.8 Å². The Balaban J connectivity index is 1.48. The molecular formula is C20H28N4O2. The van der Waals surface area contributed by atoms with E-state index in [-0.39, 0.29) is 5.91 Å². The Hall–Kier alpha value is -2.18. The molecule has 0 bridgehead atoms. The maximum atomic E-state index is 12.3. The average Bonchev–Trinajstić information content (AvgIpc) is 3.14. The Kier molecular flexibility index (Phi) is 6.41. The van der Waals surface area contributed by atoms with Crippen LogP contribution in [0, 0.1) is 0 Å². The number of hydrogen-bond acceptors (Lipinski definition) is 5. The molecule has 6 nitrogen and oxygen atoms in total. The monoisotopic (exact) mass is 356 g/mol. The van der Waals surface area contributed by atoms with E-state index in [1.165, 1.54) is 11.8 Å². The van der Waals surface area contributed by atoms with Crippen molar-refractivity contribution >= 4 is 5.91 Å². The lowest BCUT2D eigenvalue weighted by Crippen LogP contribution is -2.45. The molecule has 0 aliphatic carbocycles. The molecular weight excluding hydrogens is 328 g/mol. The molecule has 140 valence electrons. The fraction of sp³-hybridized carbons (Fsp3) is 0.500. The summed E-state index contributed by atoms with van der Waals surface area (Å²) in [6.45, 7) is 11.0. The second kappa shape index (κ2) is 8.96. The summed E-state index contributed by atoms with van der Waals surface area (Å²) in [6.07, 6.45) is 1.49. The van der Waals surface area contributed by atoms with Crippen LogP contribution in [0.5, 0.6) is 0 Å². The van der Waals surface area contributed by atoms with Crippen LogP contribution in [0.4, 0.5) is 0 Å². The van der Waals surface area contributed by atoms with Gasteiger partial charge < -0.3 is 9.32 Å². The summed E-state index contributed by atoms with van der Waals surface area (Å²) in [4.78, 5) is 23.3. The molecule has 6 heteroatoms. The van der Waals surface area contributed by atoms with Gasteiger partial charge in [0.2, 0.25) is 5.89 Å². The van der Waals surface area contributed by atoms with Crippen LogP contribution in [0.3, 0.4) is 0 Å². The van der Waals surface area contributed by atoms with Crippen LogP contribution >= 0.6 is 0 Å². The van der Waals surface area contributed by atoms with Gasteiger partial charge in [-0.1, -0.05) is 30.3 Å². The Bertz CT molecular complexity index is 689. The lowest BCUT2D eigenvalue weighted by molar-refractivity contribution is 0.0767. The van der Waals surface area contributed by atoms with E-state index in [0.717, 1.165) is 32.7 Å². The van der Waals surface area contributed by atoms with Gasteiger partial charge in [0, 0.05) is 45.8 Å². The van der Waals surface area contributed by atoms with Crippen molar-refractivity contribution in [1.29, 1.82) is 0 Å². The molecule has 1 saturated heterocycles. The average molecular weight is 356 g/mol. The van der Waals surface area contributed by atoms with E-state index in [2.05, 4.69) is 45.1 Å². The molecule has 26 heavy (non-hydrogen) atoms. The maximum absolute atomic E-state index is 12.3. The largest absolute Gasteiger partial charge is 0.447 e. The number of carbonyl (C=O) groups is 1. The van der Waals surface area contributed by atoms with E-state index in [9.17, 15) is 4.79 Å². The molecule has 1 amide bonds. The molecule has 1 aromatic heterocycles. The Morgan fingerprint density at radius 1 is 1.04 bits per heavy atom. The minimum atomic E-state index is -0.0577. The summed E-state index contributed by atoms with van der Waals surface area (Å²) in [5.74, 6) is 0.565. The van der Waals surface area contributed by atoms with E-state index in [4.69, 9.17) is 4.42 Å². The molecule has 1 fully saturated rings. The minimum Gasteiger partial charge on any atom is -0.447 e. The molecule has 2 aromatic rings. The second-order valence-corrected chi connectivity index (χ2v) is 6.64. The molecule has 0 unspecified atom stereocenters. The fourth-order valence-corrected chi connectivity index (χ4v) is 3.29. The van der Waals surface area contributed by atoms with Crippen LogP contribution < -0.4 is 0 Å². The molecule has 1 aromatic carbocycles. The van der Waals surface area contributed by atoms with Crippen LogP contribution in [0.25, 0.3) is 0 Å². The van der Waals surface area contributed by atoms with Crippen LogP contribution in [-0.4, -0.2) is 64.9 Å². The first-order valence-corrected chi connectivity index (χ1v) is 9.42. The van der Waals surface area contributed by atoms with Gasteiger partial charge in [0.05, 0.1) is 6.54 Å². The highest BCUT2D eigenvalue weighted by Crippen LogP contribution is 2.12. The zero-order chi connectivity index (χ0) is 18.4. The van der Waals surface area contributed by atoms with E-state index in [0.29, 0.717) is 31.2 Å². The van der Waals surface area contributed by atoms with Gasteiger partial charge in [0.25, 0.3) is 5.91 Å². The molecule has 2 heterocycles. The highest BCUT2D eigenvalue weighted by molar-refractivity contribution is 5.91. The number of piperazine rings is 1. The first kappa shape index (κ1) is 18.6. The van der Waals surface area contributed by atoms with Gasteiger partial charge in [-0.2, -0.15) is 0 Å². The van der Waals surface area contributed by atoms with Gasteiger partial charge in [0.15, 0.2) is 5.69 Å². The van der Waals surface area contributed by atoms with Crippen molar-refractivity contribution in [2.45, 2.75) is 26.9 Å². The number of oxazole rings is 1. The Labute approximate surface area is 155 Å². The molecule has 1 aliphatic heterocycles. The molecule has 0 radical (unpaired) electrons. The van der Waals surface area contributed by atoms with Crippen LogP contribution in [0.15, 0.2) is 41.0 Å². The van der Waals surface area contributed by atoms with Gasteiger partial charge >= 0.3 is 0 Å². The number of aromatic nitrogens is 1. The predicted molar refractivity (Wildman–Crippen MR) is 101 cm³/mol. The van der Waals surface area contributed by atoms with Crippen molar-refractivity contribution in [2.75, 3.05) is 39.3 Å². The Morgan fingerprint density at radius 3 is 2.27 bits per heavy atom. The number of nitrogens with zero attached hydrogens (tertiary/aromatic N) is 4. The SMILES string of the molecule is CCN(CC)C(=O)c1coc(CN2CCN(Cc3ccccc3)CC2)n1. The zero-order valence-corrected chi connectivity index (χ0v) is 15.7.